The van der Waals surface area contributed by atoms with E-state index in [0.717, 1.165) is 24.6 Å². The Labute approximate surface area is 101 Å². The van der Waals surface area contributed by atoms with Crippen molar-refractivity contribution in [2.75, 3.05) is 0 Å². The molecule has 0 radical (unpaired) electrons. The van der Waals surface area contributed by atoms with Crippen molar-refractivity contribution in [3.05, 3.63) is 11.6 Å². The first-order valence-corrected chi connectivity index (χ1v) is 6.09. The molecule has 94 valence electrons. The average molecular weight is 237 g/mol. The van der Waals surface area contributed by atoms with Crippen LogP contribution in [0.5, 0.6) is 0 Å². The fourth-order valence-corrected chi connectivity index (χ4v) is 2.14. The van der Waals surface area contributed by atoms with Crippen LogP contribution >= 0.6 is 0 Å². The summed E-state index contributed by atoms with van der Waals surface area (Å²) in [7, 11) is 0. The maximum atomic E-state index is 10.8. The molecule has 0 spiro atoms. The minimum atomic E-state index is -0.284. The molecule has 17 heavy (non-hydrogen) atoms. The molecule has 0 aromatic carbocycles. The SMILES string of the molecule is CC(CC(N)=O)NCc1nnc2n1CCCC2. The van der Waals surface area contributed by atoms with Crippen LogP contribution in [0.1, 0.15) is 37.8 Å². The smallest absolute Gasteiger partial charge is 0.218 e. The van der Waals surface area contributed by atoms with Crippen LogP contribution in [0.4, 0.5) is 0 Å². The Balaban J connectivity index is 1.91. The zero-order valence-corrected chi connectivity index (χ0v) is 10.1. The van der Waals surface area contributed by atoms with E-state index in [-0.39, 0.29) is 11.9 Å². The van der Waals surface area contributed by atoms with Gasteiger partial charge < -0.3 is 15.6 Å². The lowest BCUT2D eigenvalue weighted by molar-refractivity contribution is -0.118. The second kappa shape index (κ2) is 5.27. The lowest BCUT2D eigenvalue weighted by atomic mass is 10.1. The molecule has 1 aliphatic rings. The minimum Gasteiger partial charge on any atom is -0.370 e. The van der Waals surface area contributed by atoms with E-state index in [1.807, 2.05) is 6.92 Å². The monoisotopic (exact) mass is 237 g/mol. The van der Waals surface area contributed by atoms with E-state index in [2.05, 4.69) is 20.1 Å². The van der Waals surface area contributed by atoms with Crippen LogP contribution in [0.3, 0.4) is 0 Å². The van der Waals surface area contributed by atoms with E-state index in [1.165, 1.54) is 12.8 Å². The van der Waals surface area contributed by atoms with Gasteiger partial charge in [0.2, 0.25) is 5.91 Å². The number of hydrogen-bond donors (Lipinski definition) is 2. The Bertz CT molecular complexity index is 401. The van der Waals surface area contributed by atoms with Gasteiger partial charge in [-0.2, -0.15) is 0 Å². The van der Waals surface area contributed by atoms with Gasteiger partial charge in [0.15, 0.2) is 0 Å². The summed E-state index contributed by atoms with van der Waals surface area (Å²) in [6, 6.07) is 0.0732. The third-order valence-corrected chi connectivity index (χ3v) is 3.05. The molecule has 1 atom stereocenters. The highest BCUT2D eigenvalue weighted by molar-refractivity contribution is 5.74. The molecule has 0 saturated heterocycles. The quantitative estimate of drug-likeness (QED) is 0.753. The Hall–Kier alpha value is -1.43. The van der Waals surface area contributed by atoms with Crippen molar-refractivity contribution in [1.82, 2.24) is 20.1 Å². The Morgan fingerprint density at radius 2 is 2.35 bits per heavy atom. The van der Waals surface area contributed by atoms with Crippen LogP contribution in [0, 0.1) is 0 Å². The number of carbonyl (C=O) groups is 1. The molecule has 0 aliphatic carbocycles. The number of hydrogen-bond acceptors (Lipinski definition) is 4. The topological polar surface area (TPSA) is 85.8 Å². The maximum Gasteiger partial charge on any atom is 0.218 e. The van der Waals surface area contributed by atoms with Crippen LogP contribution < -0.4 is 11.1 Å². The second-order valence-electron chi connectivity index (χ2n) is 4.59. The van der Waals surface area contributed by atoms with Crippen molar-refractivity contribution in [3.63, 3.8) is 0 Å². The maximum absolute atomic E-state index is 10.8. The predicted octanol–water partition coefficient (Wildman–Crippen LogP) is -0.0321. The number of rotatable bonds is 5. The zero-order valence-electron chi connectivity index (χ0n) is 10.1. The Kier molecular flexibility index (Phi) is 3.73. The third kappa shape index (κ3) is 3.03. The number of nitrogens with two attached hydrogens (primary N) is 1. The van der Waals surface area contributed by atoms with Gasteiger partial charge in [-0.1, -0.05) is 0 Å². The van der Waals surface area contributed by atoms with Gasteiger partial charge in [0.25, 0.3) is 0 Å². The van der Waals surface area contributed by atoms with Crippen molar-refractivity contribution in [2.45, 2.75) is 51.7 Å². The molecule has 0 fully saturated rings. The summed E-state index contributed by atoms with van der Waals surface area (Å²) in [5.41, 5.74) is 5.14. The van der Waals surface area contributed by atoms with E-state index in [0.29, 0.717) is 13.0 Å². The molecular weight excluding hydrogens is 218 g/mol. The van der Waals surface area contributed by atoms with Crippen LogP contribution in [0.15, 0.2) is 0 Å². The fourth-order valence-electron chi connectivity index (χ4n) is 2.14. The lowest BCUT2D eigenvalue weighted by Gasteiger charge is -2.16. The van der Waals surface area contributed by atoms with Gasteiger partial charge in [0.1, 0.15) is 11.6 Å². The normalized spacial score (nSPS) is 16.5. The number of carbonyl (C=O) groups excluding carboxylic acids is 1. The van der Waals surface area contributed by atoms with Gasteiger partial charge in [-0.3, -0.25) is 4.79 Å². The van der Waals surface area contributed by atoms with Gasteiger partial charge >= 0.3 is 0 Å². The number of amides is 1. The summed E-state index contributed by atoms with van der Waals surface area (Å²) in [5, 5.41) is 11.6. The zero-order chi connectivity index (χ0) is 12.3. The third-order valence-electron chi connectivity index (χ3n) is 3.05. The largest absolute Gasteiger partial charge is 0.370 e. The molecule has 2 heterocycles. The van der Waals surface area contributed by atoms with E-state index in [9.17, 15) is 4.79 Å². The number of aromatic nitrogens is 3. The van der Waals surface area contributed by atoms with Gasteiger partial charge in [0.05, 0.1) is 6.54 Å². The van der Waals surface area contributed by atoms with Gasteiger partial charge in [-0.05, 0) is 19.8 Å². The highest BCUT2D eigenvalue weighted by Gasteiger charge is 2.16. The molecular formula is C11H19N5O. The lowest BCUT2D eigenvalue weighted by Crippen LogP contribution is -2.31. The summed E-state index contributed by atoms with van der Waals surface area (Å²) in [5.74, 6) is 1.75. The molecule has 3 N–H and O–H groups in total. The van der Waals surface area contributed by atoms with Gasteiger partial charge in [-0.15, -0.1) is 10.2 Å². The highest BCUT2D eigenvalue weighted by Crippen LogP contribution is 2.14. The second-order valence-corrected chi connectivity index (χ2v) is 4.59. The number of nitrogens with zero attached hydrogens (tertiary/aromatic N) is 3. The molecule has 1 aliphatic heterocycles. The number of primary amides is 1. The first-order chi connectivity index (χ1) is 8.16. The van der Waals surface area contributed by atoms with E-state index in [4.69, 9.17) is 5.73 Å². The summed E-state index contributed by atoms with van der Waals surface area (Å²) in [6.07, 6.45) is 3.75. The first kappa shape index (κ1) is 12.0. The van der Waals surface area contributed by atoms with E-state index in [1.54, 1.807) is 0 Å². The van der Waals surface area contributed by atoms with Crippen molar-refractivity contribution in [1.29, 1.82) is 0 Å². The number of aryl methyl sites for hydroxylation is 1. The fraction of sp³-hybridized carbons (Fsp3) is 0.727. The van der Waals surface area contributed by atoms with Crippen molar-refractivity contribution in [2.24, 2.45) is 5.73 Å². The van der Waals surface area contributed by atoms with Crippen LogP contribution in [0.25, 0.3) is 0 Å². The summed E-state index contributed by atoms with van der Waals surface area (Å²) >= 11 is 0. The van der Waals surface area contributed by atoms with Crippen molar-refractivity contribution < 1.29 is 4.79 Å². The molecule has 6 nitrogen and oxygen atoms in total. The first-order valence-electron chi connectivity index (χ1n) is 6.09. The van der Waals surface area contributed by atoms with Crippen LogP contribution in [0.2, 0.25) is 0 Å². The molecule has 1 aromatic rings. The number of fused-ring (bicyclic) bond motifs is 1. The molecule has 1 aromatic heterocycles. The molecule has 1 amide bonds. The van der Waals surface area contributed by atoms with E-state index < -0.39 is 0 Å². The molecule has 2 rings (SSSR count). The Morgan fingerprint density at radius 3 is 3.12 bits per heavy atom. The van der Waals surface area contributed by atoms with E-state index >= 15 is 0 Å². The number of nitrogens with one attached hydrogen (secondary N) is 1. The van der Waals surface area contributed by atoms with Crippen molar-refractivity contribution in [3.8, 4) is 0 Å². The standard InChI is InChI=1S/C11H19N5O/c1-8(6-9(12)17)13-7-11-15-14-10-4-2-3-5-16(10)11/h8,13H,2-7H2,1H3,(H2,12,17). The molecule has 1 unspecified atom stereocenters. The highest BCUT2D eigenvalue weighted by atomic mass is 16.1. The summed E-state index contributed by atoms with van der Waals surface area (Å²) < 4.78 is 2.17. The average Bonchev–Trinajstić information content (AvgIpc) is 2.69. The summed E-state index contributed by atoms with van der Waals surface area (Å²) in [6.45, 7) is 3.59. The molecule has 0 bridgehead atoms. The van der Waals surface area contributed by atoms with Crippen LogP contribution in [-0.2, 0) is 24.3 Å². The Morgan fingerprint density at radius 1 is 1.53 bits per heavy atom. The van der Waals surface area contributed by atoms with Crippen LogP contribution in [-0.4, -0.2) is 26.7 Å². The van der Waals surface area contributed by atoms with Gasteiger partial charge in [-0.25, -0.2) is 0 Å². The van der Waals surface area contributed by atoms with Gasteiger partial charge in [0, 0.05) is 25.4 Å². The van der Waals surface area contributed by atoms with Crippen molar-refractivity contribution >= 4 is 5.91 Å². The minimum absolute atomic E-state index is 0.0732. The predicted molar refractivity (Wildman–Crippen MR) is 63.1 cm³/mol. The summed E-state index contributed by atoms with van der Waals surface area (Å²) in [4.78, 5) is 10.8. The molecule has 0 saturated carbocycles. The molecule has 6 heteroatoms.